The molecule has 0 aliphatic carbocycles. The number of hydrogen-bond acceptors (Lipinski definition) is 4. The summed E-state index contributed by atoms with van der Waals surface area (Å²) in [6, 6.07) is 7.28. The maximum atomic E-state index is 10.7. The molecule has 1 aromatic carbocycles. The van der Waals surface area contributed by atoms with Gasteiger partial charge in [0.1, 0.15) is 6.61 Å². The number of ether oxygens (including phenoxy) is 1. The van der Waals surface area contributed by atoms with E-state index in [-0.39, 0.29) is 6.61 Å². The van der Waals surface area contributed by atoms with Crippen LogP contribution in [-0.4, -0.2) is 13.1 Å². The smallest absolute Gasteiger partial charge is 0.407 e. The topological polar surface area (TPSA) is 76.4 Å². The molecule has 14 heavy (non-hydrogen) atoms. The average Bonchev–Trinajstić information content (AvgIpc) is 2.26. The van der Waals surface area contributed by atoms with E-state index < -0.39 is 6.09 Å². The van der Waals surface area contributed by atoms with E-state index in [1.165, 1.54) is 7.05 Å². The third-order valence-corrected chi connectivity index (χ3v) is 1.69. The van der Waals surface area contributed by atoms with Crippen molar-refractivity contribution in [2.24, 2.45) is 5.84 Å². The standard InChI is InChI=1S/C9H13N3O2/c1-11-9(13)14-6-7-2-4-8(12-10)5-3-7/h2-5,12H,6,10H2,1H3,(H,11,13). The lowest BCUT2D eigenvalue weighted by atomic mass is 10.2. The fourth-order valence-corrected chi connectivity index (χ4v) is 0.918. The number of nitrogens with one attached hydrogen (secondary N) is 2. The maximum absolute atomic E-state index is 10.7. The zero-order valence-corrected chi connectivity index (χ0v) is 7.91. The van der Waals surface area contributed by atoms with Crippen LogP contribution >= 0.6 is 0 Å². The van der Waals surface area contributed by atoms with Crippen molar-refractivity contribution in [1.29, 1.82) is 0 Å². The first kappa shape index (κ1) is 10.3. The SMILES string of the molecule is CNC(=O)OCc1ccc(NN)cc1. The molecule has 0 atom stereocenters. The Labute approximate surface area is 82.2 Å². The van der Waals surface area contributed by atoms with E-state index >= 15 is 0 Å². The molecule has 0 radical (unpaired) electrons. The molecular formula is C9H13N3O2. The summed E-state index contributed by atoms with van der Waals surface area (Å²) in [5, 5.41) is 2.36. The molecule has 0 saturated carbocycles. The van der Waals surface area contributed by atoms with Gasteiger partial charge in [-0.3, -0.25) is 5.84 Å². The Balaban J connectivity index is 2.47. The highest BCUT2D eigenvalue weighted by molar-refractivity contribution is 5.66. The van der Waals surface area contributed by atoms with Crippen LogP contribution in [0.15, 0.2) is 24.3 Å². The number of hydrogen-bond donors (Lipinski definition) is 3. The van der Waals surface area contributed by atoms with Gasteiger partial charge in [0, 0.05) is 12.7 Å². The zero-order valence-electron chi connectivity index (χ0n) is 7.91. The van der Waals surface area contributed by atoms with E-state index in [0.717, 1.165) is 11.3 Å². The highest BCUT2D eigenvalue weighted by Gasteiger charge is 1.98. The Morgan fingerprint density at radius 1 is 1.43 bits per heavy atom. The Bertz CT molecular complexity index is 297. The number of nitrogens with two attached hydrogens (primary N) is 1. The summed E-state index contributed by atoms with van der Waals surface area (Å²) in [6.07, 6.45) is -0.439. The van der Waals surface area contributed by atoms with Gasteiger partial charge in [0.2, 0.25) is 0 Å². The quantitative estimate of drug-likeness (QED) is 0.493. The molecule has 0 aliphatic rings. The number of benzene rings is 1. The molecule has 0 saturated heterocycles. The summed E-state index contributed by atoms with van der Waals surface area (Å²) in [5.41, 5.74) is 4.23. The lowest BCUT2D eigenvalue weighted by molar-refractivity contribution is 0.142. The molecule has 0 heterocycles. The van der Waals surface area contributed by atoms with Crippen LogP contribution in [0.1, 0.15) is 5.56 Å². The molecule has 0 bridgehead atoms. The van der Waals surface area contributed by atoms with Gasteiger partial charge in [-0.25, -0.2) is 4.79 Å². The summed E-state index contributed by atoms with van der Waals surface area (Å²) in [7, 11) is 1.52. The van der Waals surface area contributed by atoms with Gasteiger partial charge < -0.3 is 15.5 Å². The van der Waals surface area contributed by atoms with Gasteiger partial charge >= 0.3 is 6.09 Å². The monoisotopic (exact) mass is 195 g/mol. The number of anilines is 1. The lowest BCUT2D eigenvalue weighted by Gasteiger charge is -2.04. The summed E-state index contributed by atoms with van der Waals surface area (Å²) < 4.78 is 4.85. The Morgan fingerprint density at radius 2 is 2.07 bits per heavy atom. The van der Waals surface area contributed by atoms with Crippen LogP contribution in [0.3, 0.4) is 0 Å². The molecule has 1 rings (SSSR count). The van der Waals surface area contributed by atoms with E-state index in [4.69, 9.17) is 10.6 Å². The fraction of sp³-hybridized carbons (Fsp3) is 0.222. The van der Waals surface area contributed by atoms with Gasteiger partial charge in [0.25, 0.3) is 0 Å². The number of rotatable bonds is 3. The predicted octanol–water partition coefficient (Wildman–Crippen LogP) is 0.828. The first-order valence-corrected chi connectivity index (χ1v) is 4.16. The second-order valence-corrected chi connectivity index (χ2v) is 2.67. The molecule has 1 aromatic rings. The summed E-state index contributed by atoms with van der Waals surface area (Å²) in [5.74, 6) is 5.20. The number of carbonyl (C=O) groups excluding carboxylic acids is 1. The normalized spacial score (nSPS) is 9.29. The van der Waals surface area contributed by atoms with Crippen LogP contribution in [0.5, 0.6) is 0 Å². The minimum absolute atomic E-state index is 0.254. The van der Waals surface area contributed by atoms with E-state index in [2.05, 4.69) is 10.7 Å². The van der Waals surface area contributed by atoms with Crippen LogP contribution in [0, 0.1) is 0 Å². The average molecular weight is 195 g/mol. The minimum atomic E-state index is -0.439. The van der Waals surface area contributed by atoms with Crippen LogP contribution < -0.4 is 16.6 Å². The Hall–Kier alpha value is -1.75. The predicted molar refractivity (Wildman–Crippen MR) is 53.5 cm³/mol. The molecule has 0 aliphatic heterocycles. The Kier molecular flexibility index (Phi) is 3.75. The second kappa shape index (κ2) is 5.08. The number of amides is 1. The van der Waals surface area contributed by atoms with Crippen molar-refractivity contribution in [3.8, 4) is 0 Å². The number of carbonyl (C=O) groups is 1. The highest BCUT2D eigenvalue weighted by atomic mass is 16.5. The molecule has 0 aromatic heterocycles. The zero-order chi connectivity index (χ0) is 10.4. The van der Waals surface area contributed by atoms with Gasteiger partial charge in [-0.05, 0) is 17.7 Å². The molecule has 4 N–H and O–H groups in total. The number of alkyl carbamates (subject to hydrolysis) is 1. The largest absolute Gasteiger partial charge is 0.445 e. The van der Waals surface area contributed by atoms with Gasteiger partial charge in [0.15, 0.2) is 0 Å². The van der Waals surface area contributed by atoms with Crippen molar-refractivity contribution in [1.82, 2.24) is 5.32 Å². The van der Waals surface area contributed by atoms with E-state index in [0.29, 0.717) is 0 Å². The molecule has 5 nitrogen and oxygen atoms in total. The van der Waals surface area contributed by atoms with Crippen molar-refractivity contribution in [2.75, 3.05) is 12.5 Å². The number of hydrazine groups is 1. The molecule has 76 valence electrons. The first-order chi connectivity index (χ1) is 6.76. The van der Waals surface area contributed by atoms with Crippen molar-refractivity contribution >= 4 is 11.8 Å². The fourth-order valence-electron chi connectivity index (χ4n) is 0.918. The molecule has 0 fully saturated rings. The lowest BCUT2D eigenvalue weighted by Crippen LogP contribution is -2.18. The van der Waals surface area contributed by atoms with Crippen LogP contribution in [0.25, 0.3) is 0 Å². The van der Waals surface area contributed by atoms with Crippen molar-refractivity contribution in [3.63, 3.8) is 0 Å². The van der Waals surface area contributed by atoms with Crippen LogP contribution in [0.4, 0.5) is 10.5 Å². The minimum Gasteiger partial charge on any atom is -0.445 e. The van der Waals surface area contributed by atoms with E-state index in [9.17, 15) is 4.79 Å². The molecular weight excluding hydrogens is 182 g/mol. The third-order valence-electron chi connectivity index (χ3n) is 1.69. The Morgan fingerprint density at radius 3 is 2.57 bits per heavy atom. The van der Waals surface area contributed by atoms with Crippen LogP contribution in [-0.2, 0) is 11.3 Å². The van der Waals surface area contributed by atoms with Gasteiger partial charge in [0.05, 0.1) is 0 Å². The van der Waals surface area contributed by atoms with Crippen molar-refractivity contribution < 1.29 is 9.53 Å². The maximum Gasteiger partial charge on any atom is 0.407 e. The van der Waals surface area contributed by atoms with E-state index in [1.807, 2.05) is 24.3 Å². The molecule has 0 spiro atoms. The number of nitrogen functional groups attached to an aromatic ring is 1. The second-order valence-electron chi connectivity index (χ2n) is 2.67. The summed E-state index contributed by atoms with van der Waals surface area (Å²) in [6.45, 7) is 0.254. The van der Waals surface area contributed by atoms with Crippen LogP contribution in [0.2, 0.25) is 0 Å². The van der Waals surface area contributed by atoms with Gasteiger partial charge in [-0.15, -0.1) is 0 Å². The molecule has 0 unspecified atom stereocenters. The van der Waals surface area contributed by atoms with Gasteiger partial charge in [-0.2, -0.15) is 0 Å². The third kappa shape index (κ3) is 2.95. The summed E-state index contributed by atoms with van der Waals surface area (Å²) in [4.78, 5) is 10.7. The van der Waals surface area contributed by atoms with Crippen molar-refractivity contribution in [3.05, 3.63) is 29.8 Å². The molecule has 1 amide bonds. The van der Waals surface area contributed by atoms with Gasteiger partial charge in [-0.1, -0.05) is 12.1 Å². The first-order valence-electron chi connectivity index (χ1n) is 4.16. The molecule has 5 heteroatoms. The van der Waals surface area contributed by atoms with E-state index in [1.54, 1.807) is 0 Å². The highest BCUT2D eigenvalue weighted by Crippen LogP contribution is 2.08. The summed E-state index contributed by atoms with van der Waals surface area (Å²) >= 11 is 0. The van der Waals surface area contributed by atoms with Crippen molar-refractivity contribution in [2.45, 2.75) is 6.61 Å².